The van der Waals surface area contributed by atoms with Gasteiger partial charge in [-0.2, -0.15) is 0 Å². The van der Waals surface area contributed by atoms with Gasteiger partial charge in [0.05, 0.1) is 41.2 Å². The lowest BCUT2D eigenvalue weighted by Crippen LogP contribution is -2.20. The number of benzene rings is 2. The fourth-order valence-corrected chi connectivity index (χ4v) is 2.63. The minimum absolute atomic E-state index is 0.418. The molecule has 0 atom stereocenters. The van der Waals surface area contributed by atoms with Crippen LogP contribution in [-0.2, 0) is 14.3 Å². The molecule has 1 N–H and O–H groups in total. The van der Waals surface area contributed by atoms with Crippen molar-refractivity contribution in [2.45, 2.75) is 0 Å². The fraction of sp³-hybridized carbons (Fsp3) is 0.273. The zero-order valence-electron chi connectivity index (χ0n) is 18.0. The van der Waals surface area contributed by atoms with Crippen molar-refractivity contribution < 1.29 is 38.0 Å². The van der Waals surface area contributed by atoms with Gasteiger partial charge in [0.1, 0.15) is 11.5 Å². The van der Waals surface area contributed by atoms with Crippen LogP contribution >= 0.6 is 0 Å². The second-order valence-corrected chi connectivity index (χ2v) is 6.01. The van der Waals surface area contributed by atoms with E-state index >= 15 is 0 Å². The average Bonchev–Trinajstić information content (AvgIpc) is 2.80. The molecule has 0 saturated carbocycles. The van der Waals surface area contributed by atoms with E-state index in [0.29, 0.717) is 40.0 Å². The largest absolute Gasteiger partial charge is 0.497 e. The van der Waals surface area contributed by atoms with E-state index < -0.39 is 18.5 Å². The van der Waals surface area contributed by atoms with Crippen LogP contribution in [0.15, 0.2) is 36.4 Å². The van der Waals surface area contributed by atoms with Gasteiger partial charge in [0.2, 0.25) is 5.75 Å². The Hall–Kier alpha value is -3.88. The van der Waals surface area contributed by atoms with E-state index in [1.165, 1.54) is 47.7 Å². The first-order chi connectivity index (χ1) is 14.9. The van der Waals surface area contributed by atoms with Crippen molar-refractivity contribution in [3.05, 3.63) is 42.0 Å². The van der Waals surface area contributed by atoms with Gasteiger partial charge in [-0.3, -0.25) is 4.79 Å². The Labute approximate surface area is 180 Å². The van der Waals surface area contributed by atoms with Crippen molar-refractivity contribution in [2.75, 3.05) is 47.5 Å². The number of rotatable bonds is 10. The zero-order chi connectivity index (χ0) is 22.8. The summed E-state index contributed by atoms with van der Waals surface area (Å²) in [5.74, 6) is 1.13. The van der Waals surface area contributed by atoms with Crippen molar-refractivity contribution in [1.82, 2.24) is 0 Å². The van der Waals surface area contributed by atoms with E-state index in [0.717, 1.165) is 0 Å². The van der Waals surface area contributed by atoms with Crippen LogP contribution in [0.1, 0.15) is 5.56 Å². The highest BCUT2D eigenvalue weighted by molar-refractivity contribution is 5.95. The average molecular weight is 431 g/mol. The summed E-state index contributed by atoms with van der Waals surface area (Å²) in [6.07, 6.45) is 2.71. The van der Waals surface area contributed by atoms with Gasteiger partial charge in [-0.05, 0) is 35.9 Å². The van der Waals surface area contributed by atoms with Crippen LogP contribution in [-0.4, -0.2) is 54.0 Å². The van der Waals surface area contributed by atoms with E-state index in [1.807, 2.05) is 0 Å². The molecular weight excluding hydrogens is 406 g/mol. The Morgan fingerprint density at radius 2 is 1.48 bits per heavy atom. The Morgan fingerprint density at radius 3 is 2.03 bits per heavy atom. The van der Waals surface area contributed by atoms with Crippen molar-refractivity contribution in [1.29, 1.82) is 0 Å². The molecule has 166 valence electrons. The molecule has 0 aromatic heterocycles. The predicted octanol–water partition coefficient (Wildman–Crippen LogP) is 2.92. The SMILES string of the molecule is COc1ccc(NC(=O)COC(=O)/C=C/c2cc(OC)c(OC)c(OC)c2)c(OC)c1. The molecule has 0 aliphatic rings. The monoisotopic (exact) mass is 431 g/mol. The summed E-state index contributed by atoms with van der Waals surface area (Å²) in [5.41, 5.74) is 1.05. The zero-order valence-corrected chi connectivity index (χ0v) is 18.0. The first-order valence-electron chi connectivity index (χ1n) is 9.12. The summed E-state index contributed by atoms with van der Waals surface area (Å²) in [5, 5.41) is 2.62. The maximum absolute atomic E-state index is 12.1. The first-order valence-corrected chi connectivity index (χ1v) is 9.12. The summed E-state index contributed by atoms with van der Waals surface area (Å²) >= 11 is 0. The molecule has 0 fully saturated rings. The number of hydrogen-bond donors (Lipinski definition) is 1. The quantitative estimate of drug-likeness (QED) is 0.453. The van der Waals surface area contributed by atoms with Crippen LogP contribution in [0.4, 0.5) is 5.69 Å². The highest BCUT2D eigenvalue weighted by Gasteiger charge is 2.13. The van der Waals surface area contributed by atoms with Crippen molar-refractivity contribution in [2.24, 2.45) is 0 Å². The van der Waals surface area contributed by atoms with Gasteiger partial charge in [-0.1, -0.05) is 0 Å². The molecule has 9 heteroatoms. The lowest BCUT2D eigenvalue weighted by Gasteiger charge is -2.12. The van der Waals surface area contributed by atoms with Gasteiger partial charge < -0.3 is 33.7 Å². The number of methoxy groups -OCH3 is 5. The maximum Gasteiger partial charge on any atom is 0.331 e. The minimum Gasteiger partial charge on any atom is -0.497 e. The molecule has 0 bridgehead atoms. The van der Waals surface area contributed by atoms with Gasteiger partial charge >= 0.3 is 5.97 Å². The van der Waals surface area contributed by atoms with Crippen LogP contribution < -0.4 is 29.0 Å². The molecule has 0 saturated heterocycles. The highest BCUT2D eigenvalue weighted by Crippen LogP contribution is 2.38. The number of carbonyl (C=O) groups is 2. The summed E-state index contributed by atoms with van der Waals surface area (Å²) in [4.78, 5) is 24.1. The van der Waals surface area contributed by atoms with Gasteiger partial charge in [0.25, 0.3) is 5.91 Å². The minimum atomic E-state index is -0.689. The normalized spacial score (nSPS) is 10.4. The molecule has 1 amide bonds. The standard InChI is InChI=1S/C22H25NO8/c1-26-15-7-8-16(17(12-15)27-2)23-20(24)13-31-21(25)9-6-14-10-18(28-3)22(30-5)19(11-14)29-4/h6-12H,13H2,1-5H3,(H,23,24)/b9-6+. The third kappa shape index (κ3) is 6.30. The maximum atomic E-state index is 12.1. The summed E-state index contributed by atoms with van der Waals surface area (Å²) in [7, 11) is 7.49. The Kier molecular flexibility index (Phi) is 8.56. The summed E-state index contributed by atoms with van der Waals surface area (Å²) in [6.45, 7) is -0.465. The number of hydrogen-bond acceptors (Lipinski definition) is 8. The molecule has 2 aromatic rings. The molecule has 0 unspecified atom stereocenters. The van der Waals surface area contributed by atoms with E-state index in [1.54, 1.807) is 30.3 Å². The van der Waals surface area contributed by atoms with Crippen molar-refractivity contribution >= 4 is 23.6 Å². The summed E-state index contributed by atoms with van der Waals surface area (Å²) < 4.78 is 31.1. The van der Waals surface area contributed by atoms with Gasteiger partial charge in [0, 0.05) is 12.1 Å². The van der Waals surface area contributed by atoms with Crippen LogP contribution in [0.25, 0.3) is 6.08 Å². The molecule has 9 nitrogen and oxygen atoms in total. The third-order valence-corrected chi connectivity index (χ3v) is 4.13. The molecule has 2 rings (SSSR count). The molecule has 31 heavy (non-hydrogen) atoms. The van der Waals surface area contributed by atoms with Crippen LogP contribution in [0.2, 0.25) is 0 Å². The lowest BCUT2D eigenvalue weighted by atomic mass is 10.1. The molecule has 0 aliphatic carbocycles. The number of esters is 1. The molecule has 0 radical (unpaired) electrons. The first kappa shape index (κ1) is 23.4. The van der Waals surface area contributed by atoms with Gasteiger partial charge in [0.15, 0.2) is 18.1 Å². The summed E-state index contributed by atoms with van der Waals surface area (Å²) in [6, 6.07) is 8.27. The van der Waals surface area contributed by atoms with Crippen LogP contribution in [0.3, 0.4) is 0 Å². The molecule has 2 aromatic carbocycles. The Bertz CT molecular complexity index is 930. The number of nitrogens with one attached hydrogen (secondary N) is 1. The van der Waals surface area contributed by atoms with Crippen molar-refractivity contribution in [3.8, 4) is 28.7 Å². The molecular formula is C22H25NO8. The van der Waals surface area contributed by atoms with Crippen LogP contribution in [0, 0.1) is 0 Å². The van der Waals surface area contributed by atoms with Crippen LogP contribution in [0.5, 0.6) is 28.7 Å². The van der Waals surface area contributed by atoms with Gasteiger partial charge in [-0.25, -0.2) is 4.79 Å². The van der Waals surface area contributed by atoms with E-state index in [2.05, 4.69) is 5.32 Å². The molecule has 0 aliphatic heterocycles. The Balaban J connectivity index is 1.97. The highest BCUT2D eigenvalue weighted by atomic mass is 16.5. The Morgan fingerprint density at radius 1 is 0.839 bits per heavy atom. The fourth-order valence-electron chi connectivity index (χ4n) is 2.63. The lowest BCUT2D eigenvalue weighted by molar-refractivity contribution is -0.142. The predicted molar refractivity (Wildman–Crippen MR) is 114 cm³/mol. The molecule has 0 spiro atoms. The van der Waals surface area contributed by atoms with Gasteiger partial charge in [-0.15, -0.1) is 0 Å². The third-order valence-electron chi connectivity index (χ3n) is 4.13. The van der Waals surface area contributed by atoms with E-state index in [9.17, 15) is 9.59 Å². The number of carbonyl (C=O) groups excluding carboxylic acids is 2. The van der Waals surface area contributed by atoms with Crippen molar-refractivity contribution in [3.63, 3.8) is 0 Å². The van der Waals surface area contributed by atoms with E-state index in [-0.39, 0.29) is 0 Å². The second kappa shape index (κ2) is 11.3. The molecule has 0 heterocycles. The number of ether oxygens (including phenoxy) is 6. The second-order valence-electron chi connectivity index (χ2n) is 6.01. The smallest absolute Gasteiger partial charge is 0.331 e. The number of anilines is 1. The van der Waals surface area contributed by atoms with E-state index in [4.69, 9.17) is 28.4 Å². The topological polar surface area (TPSA) is 102 Å². The number of amides is 1.